The molecule has 5 nitrogen and oxygen atoms in total. The Morgan fingerprint density at radius 1 is 1.17 bits per heavy atom. The van der Waals surface area contributed by atoms with E-state index in [1.165, 1.54) is 35.9 Å². The van der Waals surface area contributed by atoms with Crippen molar-refractivity contribution in [3.63, 3.8) is 0 Å². The highest BCUT2D eigenvalue weighted by molar-refractivity contribution is 7.90. The molecule has 0 spiro atoms. The lowest BCUT2D eigenvalue weighted by molar-refractivity contribution is 0.597. The van der Waals surface area contributed by atoms with E-state index >= 15 is 0 Å². The van der Waals surface area contributed by atoms with E-state index in [1.54, 1.807) is 6.07 Å². The van der Waals surface area contributed by atoms with Gasteiger partial charge in [0, 0.05) is 35.8 Å². The van der Waals surface area contributed by atoms with Crippen molar-refractivity contribution in [2.24, 2.45) is 4.99 Å². The number of amidine groups is 1. The molecule has 0 saturated carbocycles. The summed E-state index contributed by atoms with van der Waals surface area (Å²) in [5.41, 5.74) is 3.93. The number of aliphatic imine (C=N–C) groups is 1. The number of aromatic nitrogens is 1. The second kappa shape index (κ2) is 7.17. The summed E-state index contributed by atoms with van der Waals surface area (Å²) in [4.78, 5) is 5.23. The van der Waals surface area contributed by atoms with Crippen LogP contribution in [0.4, 0.5) is 0 Å². The minimum atomic E-state index is -3.19. The topological polar surface area (TPSA) is 63.5 Å². The van der Waals surface area contributed by atoms with Crippen LogP contribution in [0.5, 0.6) is 0 Å². The van der Waals surface area contributed by atoms with Crippen LogP contribution < -0.4 is 5.32 Å². The maximum absolute atomic E-state index is 12.0. The third kappa shape index (κ3) is 3.44. The zero-order chi connectivity index (χ0) is 20.0. The average Bonchev–Trinajstić information content (AvgIpc) is 3.26. The Hall–Kier alpha value is -2.34. The molecule has 1 N–H and O–H groups in total. The van der Waals surface area contributed by atoms with Crippen LogP contribution in [0.3, 0.4) is 0 Å². The van der Waals surface area contributed by atoms with E-state index in [0.29, 0.717) is 10.9 Å². The molecule has 1 aromatic heterocycles. The van der Waals surface area contributed by atoms with Crippen molar-refractivity contribution in [1.82, 2.24) is 9.88 Å². The lowest BCUT2D eigenvalue weighted by atomic mass is 9.95. The Balaban J connectivity index is 1.40. The fourth-order valence-corrected chi connectivity index (χ4v) is 5.55. The van der Waals surface area contributed by atoms with Crippen molar-refractivity contribution < 1.29 is 8.42 Å². The van der Waals surface area contributed by atoms with Gasteiger partial charge >= 0.3 is 0 Å². The first-order valence-corrected chi connectivity index (χ1v) is 12.4. The molecule has 1 aliphatic heterocycles. The van der Waals surface area contributed by atoms with Crippen molar-refractivity contribution in [2.45, 2.75) is 62.0 Å². The first-order valence-electron chi connectivity index (χ1n) is 10.5. The minimum Gasteiger partial charge on any atom is -0.365 e. The molecule has 6 heteroatoms. The third-order valence-electron chi connectivity index (χ3n) is 6.32. The molecule has 5 rings (SSSR count). The molecule has 2 heterocycles. The van der Waals surface area contributed by atoms with Crippen LogP contribution in [0.15, 0.2) is 52.4 Å². The Bertz CT molecular complexity index is 1150. The summed E-state index contributed by atoms with van der Waals surface area (Å²) in [5, 5.41) is 4.66. The molecule has 2 unspecified atom stereocenters. The number of benzene rings is 1. The predicted molar refractivity (Wildman–Crippen MR) is 117 cm³/mol. The molecule has 3 aliphatic rings. The Morgan fingerprint density at radius 2 is 2.00 bits per heavy atom. The zero-order valence-corrected chi connectivity index (χ0v) is 17.6. The number of rotatable bonds is 5. The van der Waals surface area contributed by atoms with Crippen molar-refractivity contribution >= 4 is 26.6 Å². The molecule has 0 radical (unpaired) electrons. The van der Waals surface area contributed by atoms with Crippen LogP contribution in [-0.2, 0) is 29.2 Å². The van der Waals surface area contributed by atoms with Gasteiger partial charge in [-0.3, -0.25) is 4.99 Å². The van der Waals surface area contributed by atoms with E-state index in [4.69, 9.17) is 4.99 Å². The highest BCUT2D eigenvalue weighted by Gasteiger charge is 2.26. The predicted octanol–water partition coefficient (Wildman–Crippen LogP) is 3.57. The number of fused-ring (bicyclic) bond motifs is 4. The van der Waals surface area contributed by atoms with Crippen LogP contribution in [0.25, 0.3) is 10.9 Å². The van der Waals surface area contributed by atoms with Gasteiger partial charge in [-0.2, -0.15) is 0 Å². The van der Waals surface area contributed by atoms with Crippen LogP contribution >= 0.6 is 0 Å². The number of nitrogens with one attached hydrogen (secondary N) is 1. The molecule has 0 fully saturated rings. The van der Waals surface area contributed by atoms with Gasteiger partial charge in [-0.25, -0.2) is 8.42 Å². The standard InChI is InChI=1S/C23H27N3O2S/c1-29(27,28)16-12-13-22-18(15-16)17-7-2-5-10-21(17)26(22)14-6-11-23-24-19-8-3-4-9-20(19)25-23/h3-4,8-9,12-13,15,19-20H,2,5-7,10-11,14H2,1H3,(H,24,25). The van der Waals surface area contributed by atoms with E-state index in [0.717, 1.165) is 43.4 Å². The summed E-state index contributed by atoms with van der Waals surface area (Å²) in [6.45, 7) is 0.936. The van der Waals surface area contributed by atoms with Gasteiger partial charge in [0.15, 0.2) is 9.84 Å². The molecule has 1 aromatic carbocycles. The first kappa shape index (κ1) is 18.7. The highest BCUT2D eigenvalue weighted by atomic mass is 32.2. The van der Waals surface area contributed by atoms with Crippen molar-refractivity contribution in [2.75, 3.05) is 6.26 Å². The van der Waals surface area contributed by atoms with E-state index < -0.39 is 9.84 Å². The van der Waals surface area contributed by atoms with Gasteiger partial charge in [0.1, 0.15) is 0 Å². The number of sulfone groups is 1. The van der Waals surface area contributed by atoms with Gasteiger partial charge in [-0.05, 0) is 55.9 Å². The number of aryl methyl sites for hydroxylation is 2. The van der Waals surface area contributed by atoms with Crippen molar-refractivity contribution in [3.05, 3.63) is 53.8 Å². The molecular formula is C23H27N3O2S. The normalized spacial score (nSPS) is 23.0. The van der Waals surface area contributed by atoms with Crippen LogP contribution in [0.1, 0.15) is 36.9 Å². The fourth-order valence-electron chi connectivity index (χ4n) is 4.90. The Morgan fingerprint density at radius 3 is 2.83 bits per heavy atom. The largest absolute Gasteiger partial charge is 0.365 e. The van der Waals surface area contributed by atoms with Crippen molar-refractivity contribution in [3.8, 4) is 0 Å². The van der Waals surface area contributed by atoms with E-state index in [2.05, 4.69) is 34.2 Å². The molecular weight excluding hydrogens is 382 g/mol. The third-order valence-corrected chi connectivity index (χ3v) is 7.43. The molecule has 0 saturated heterocycles. The van der Waals surface area contributed by atoms with Crippen molar-refractivity contribution in [1.29, 1.82) is 0 Å². The van der Waals surface area contributed by atoms with Crippen LogP contribution in [0, 0.1) is 0 Å². The zero-order valence-electron chi connectivity index (χ0n) is 16.8. The van der Waals surface area contributed by atoms with Crippen LogP contribution in [0.2, 0.25) is 0 Å². The fraction of sp³-hybridized carbons (Fsp3) is 0.435. The lowest BCUT2D eigenvalue weighted by Crippen LogP contribution is -2.32. The smallest absolute Gasteiger partial charge is 0.175 e. The van der Waals surface area contributed by atoms with Gasteiger partial charge in [-0.1, -0.05) is 24.3 Å². The number of hydrogen-bond donors (Lipinski definition) is 1. The Kier molecular flexibility index (Phi) is 4.62. The molecule has 152 valence electrons. The minimum absolute atomic E-state index is 0.240. The molecule has 29 heavy (non-hydrogen) atoms. The molecule has 0 amide bonds. The molecule has 0 bridgehead atoms. The molecule has 2 aromatic rings. The summed E-state index contributed by atoms with van der Waals surface area (Å²) in [6, 6.07) is 6.19. The summed E-state index contributed by atoms with van der Waals surface area (Å²) in [5.74, 6) is 1.10. The lowest BCUT2D eigenvalue weighted by Gasteiger charge is -2.16. The maximum atomic E-state index is 12.0. The number of hydrogen-bond acceptors (Lipinski definition) is 4. The monoisotopic (exact) mass is 409 g/mol. The SMILES string of the molecule is CS(=O)(=O)c1ccc2c(c1)c1c(n2CCCC2=NC3C=CC=CC3N2)CCCC1. The van der Waals surface area contributed by atoms with Gasteiger partial charge in [0.25, 0.3) is 0 Å². The quantitative estimate of drug-likeness (QED) is 0.821. The second-order valence-electron chi connectivity index (χ2n) is 8.34. The number of allylic oxidation sites excluding steroid dienone is 2. The maximum Gasteiger partial charge on any atom is 0.175 e. The molecule has 2 aliphatic carbocycles. The van der Waals surface area contributed by atoms with Gasteiger partial charge in [0.2, 0.25) is 0 Å². The van der Waals surface area contributed by atoms with Crippen LogP contribution in [-0.4, -0.2) is 37.2 Å². The van der Waals surface area contributed by atoms with E-state index in [1.807, 2.05) is 12.1 Å². The van der Waals surface area contributed by atoms with Gasteiger partial charge in [-0.15, -0.1) is 0 Å². The number of nitrogens with zero attached hydrogens (tertiary/aromatic N) is 2. The summed E-state index contributed by atoms with van der Waals surface area (Å²) < 4.78 is 26.5. The summed E-state index contributed by atoms with van der Waals surface area (Å²) in [6.07, 6.45) is 16.2. The molecule has 2 atom stereocenters. The van der Waals surface area contributed by atoms with Gasteiger partial charge < -0.3 is 9.88 Å². The average molecular weight is 410 g/mol. The Labute approximate surface area is 172 Å². The van der Waals surface area contributed by atoms with E-state index in [-0.39, 0.29) is 6.04 Å². The van der Waals surface area contributed by atoms with Gasteiger partial charge in [0.05, 0.1) is 22.8 Å². The van der Waals surface area contributed by atoms with E-state index in [9.17, 15) is 8.42 Å². The summed E-state index contributed by atoms with van der Waals surface area (Å²) >= 11 is 0. The highest BCUT2D eigenvalue weighted by Crippen LogP contribution is 2.34. The second-order valence-corrected chi connectivity index (χ2v) is 10.4. The summed E-state index contributed by atoms with van der Waals surface area (Å²) in [7, 11) is -3.19. The first-order chi connectivity index (χ1) is 14.0.